The Kier molecular flexibility index (Phi) is 3.85. The van der Waals surface area contributed by atoms with Gasteiger partial charge in [0, 0.05) is 20.5 Å². The molecule has 3 aromatic rings. The molecule has 0 spiro atoms. The molecule has 0 saturated carbocycles. The summed E-state index contributed by atoms with van der Waals surface area (Å²) in [4.78, 5) is 2.62. The highest BCUT2D eigenvalue weighted by Crippen LogP contribution is 2.39. The Bertz CT molecular complexity index is 828. The maximum absolute atomic E-state index is 6.23. The van der Waals surface area contributed by atoms with E-state index in [2.05, 4.69) is 60.0 Å². The summed E-state index contributed by atoms with van der Waals surface area (Å²) in [6.07, 6.45) is 0.104. The van der Waals surface area contributed by atoms with E-state index in [4.69, 9.17) is 11.6 Å². The van der Waals surface area contributed by atoms with E-state index in [0.29, 0.717) is 0 Å². The second-order valence-electron chi connectivity index (χ2n) is 5.77. The highest BCUT2D eigenvalue weighted by Gasteiger charge is 2.28. The smallest absolute Gasteiger partial charge is 0.113 e. The standard InChI is InChI=1S/C19H17ClN2S/c1-12-7-10-17(23-12)19-21-16-9-8-14(20)11-15(16)18(22-19)13-5-3-2-4-6-13/h2-11,18-19,21-22H,1H3. The first kappa shape index (κ1) is 14.8. The molecule has 23 heavy (non-hydrogen) atoms. The average Bonchev–Trinajstić information content (AvgIpc) is 3.01. The molecule has 116 valence electrons. The van der Waals surface area contributed by atoms with Crippen LogP contribution in [-0.2, 0) is 0 Å². The van der Waals surface area contributed by atoms with Crippen LogP contribution in [0.2, 0.25) is 5.02 Å². The largest absolute Gasteiger partial charge is 0.365 e. The van der Waals surface area contributed by atoms with Crippen LogP contribution in [0.1, 0.15) is 33.1 Å². The highest BCUT2D eigenvalue weighted by molar-refractivity contribution is 7.12. The molecular formula is C19H17ClN2S. The number of halogens is 1. The summed E-state index contributed by atoms with van der Waals surface area (Å²) >= 11 is 8.05. The lowest BCUT2D eigenvalue weighted by Crippen LogP contribution is -2.36. The predicted molar refractivity (Wildman–Crippen MR) is 98.3 cm³/mol. The lowest BCUT2D eigenvalue weighted by Gasteiger charge is -2.34. The van der Waals surface area contributed by atoms with Crippen LogP contribution in [0, 0.1) is 6.92 Å². The molecular weight excluding hydrogens is 324 g/mol. The maximum atomic E-state index is 6.23. The molecule has 2 heterocycles. The predicted octanol–water partition coefficient (Wildman–Crippen LogP) is 5.51. The van der Waals surface area contributed by atoms with Gasteiger partial charge in [0.25, 0.3) is 0 Å². The van der Waals surface area contributed by atoms with Gasteiger partial charge in [0.2, 0.25) is 0 Å². The van der Waals surface area contributed by atoms with Crippen LogP contribution in [0.4, 0.5) is 5.69 Å². The van der Waals surface area contributed by atoms with Crippen molar-refractivity contribution in [1.82, 2.24) is 5.32 Å². The van der Waals surface area contributed by atoms with Crippen LogP contribution in [-0.4, -0.2) is 0 Å². The number of aryl methyl sites for hydroxylation is 1. The molecule has 0 bridgehead atoms. The van der Waals surface area contributed by atoms with Gasteiger partial charge in [0.15, 0.2) is 0 Å². The summed E-state index contributed by atoms with van der Waals surface area (Å²) in [6.45, 7) is 2.14. The molecule has 2 N–H and O–H groups in total. The fourth-order valence-corrected chi connectivity index (χ4v) is 4.11. The first-order valence-corrected chi connectivity index (χ1v) is 8.83. The van der Waals surface area contributed by atoms with Gasteiger partial charge in [-0.15, -0.1) is 11.3 Å². The molecule has 0 radical (unpaired) electrons. The third-order valence-electron chi connectivity index (χ3n) is 4.14. The molecule has 0 saturated heterocycles. The number of hydrogen-bond acceptors (Lipinski definition) is 3. The first-order valence-electron chi connectivity index (χ1n) is 7.64. The van der Waals surface area contributed by atoms with Crippen LogP contribution in [0.25, 0.3) is 0 Å². The minimum atomic E-state index is 0.104. The van der Waals surface area contributed by atoms with Gasteiger partial charge in [-0.05, 0) is 48.4 Å². The minimum Gasteiger partial charge on any atom is -0.365 e. The van der Waals surface area contributed by atoms with E-state index in [0.717, 1.165) is 10.7 Å². The third-order valence-corrected chi connectivity index (χ3v) is 5.44. The van der Waals surface area contributed by atoms with E-state index >= 15 is 0 Å². The van der Waals surface area contributed by atoms with Gasteiger partial charge in [-0.1, -0.05) is 41.9 Å². The Morgan fingerprint density at radius 1 is 1.00 bits per heavy atom. The van der Waals surface area contributed by atoms with Crippen molar-refractivity contribution < 1.29 is 0 Å². The van der Waals surface area contributed by atoms with E-state index in [-0.39, 0.29) is 12.2 Å². The zero-order valence-corrected chi connectivity index (χ0v) is 14.3. The summed E-state index contributed by atoms with van der Waals surface area (Å²) in [5, 5.41) is 8.08. The molecule has 0 amide bonds. The number of hydrogen-bond donors (Lipinski definition) is 2. The summed E-state index contributed by atoms with van der Waals surface area (Å²) < 4.78 is 0. The van der Waals surface area contributed by atoms with Crippen LogP contribution in [0.5, 0.6) is 0 Å². The van der Waals surface area contributed by atoms with Crippen LogP contribution in [0.3, 0.4) is 0 Å². The van der Waals surface area contributed by atoms with Crippen molar-refractivity contribution >= 4 is 28.6 Å². The number of anilines is 1. The second-order valence-corrected chi connectivity index (χ2v) is 7.52. The molecule has 0 aliphatic carbocycles. The summed E-state index contributed by atoms with van der Waals surface area (Å²) in [6, 6.07) is 21.0. The first-order chi connectivity index (χ1) is 11.2. The fraction of sp³-hybridized carbons (Fsp3) is 0.158. The Hall–Kier alpha value is -1.81. The van der Waals surface area contributed by atoms with Gasteiger partial charge in [0.05, 0.1) is 6.04 Å². The van der Waals surface area contributed by atoms with Crippen molar-refractivity contribution in [3.05, 3.63) is 86.6 Å². The molecule has 2 nitrogen and oxygen atoms in total. The van der Waals surface area contributed by atoms with Crippen LogP contribution < -0.4 is 10.6 Å². The van der Waals surface area contributed by atoms with Gasteiger partial charge in [-0.2, -0.15) is 0 Å². The normalized spacial score (nSPS) is 19.9. The Morgan fingerprint density at radius 3 is 2.57 bits per heavy atom. The van der Waals surface area contributed by atoms with Crippen molar-refractivity contribution in [2.24, 2.45) is 0 Å². The number of fused-ring (bicyclic) bond motifs is 1. The third kappa shape index (κ3) is 2.88. The van der Waals surface area contributed by atoms with Gasteiger partial charge in [-0.3, -0.25) is 5.32 Å². The molecule has 4 rings (SSSR count). The highest BCUT2D eigenvalue weighted by atomic mass is 35.5. The van der Waals surface area contributed by atoms with Gasteiger partial charge >= 0.3 is 0 Å². The van der Waals surface area contributed by atoms with E-state index in [9.17, 15) is 0 Å². The maximum Gasteiger partial charge on any atom is 0.113 e. The van der Waals surface area contributed by atoms with Gasteiger partial charge in [0.1, 0.15) is 6.17 Å². The van der Waals surface area contributed by atoms with Crippen LogP contribution >= 0.6 is 22.9 Å². The SMILES string of the molecule is Cc1ccc(C2Nc3ccc(Cl)cc3C(c3ccccc3)N2)s1. The topological polar surface area (TPSA) is 24.1 Å². The van der Waals surface area contributed by atoms with Gasteiger partial charge < -0.3 is 5.32 Å². The van der Waals surface area contributed by atoms with Crippen molar-refractivity contribution in [2.45, 2.75) is 19.1 Å². The number of rotatable bonds is 2. The quantitative estimate of drug-likeness (QED) is 0.642. The lowest BCUT2D eigenvalue weighted by molar-refractivity contribution is 0.512. The molecule has 4 heteroatoms. The van der Waals surface area contributed by atoms with E-state index in [1.54, 1.807) is 0 Å². The number of benzene rings is 2. The van der Waals surface area contributed by atoms with E-state index in [1.807, 2.05) is 29.5 Å². The summed E-state index contributed by atoms with van der Waals surface area (Å²) in [5.74, 6) is 0. The van der Waals surface area contributed by atoms with Crippen molar-refractivity contribution in [1.29, 1.82) is 0 Å². The van der Waals surface area contributed by atoms with Crippen molar-refractivity contribution in [3.63, 3.8) is 0 Å². The monoisotopic (exact) mass is 340 g/mol. The van der Waals surface area contributed by atoms with E-state index in [1.165, 1.54) is 20.9 Å². The Labute approximate surface area is 145 Å². The minimum absolute atomic E-state index is 0.104. The molecule has 2 atom stereocenters. The number of nitrogens with one attached hydrogen (secondary N) is 2. The van der Waals surface area contributed by atoms with Crippen molar-refractivity contribution in [3.8, 4) is 0 Å². The molecule has 2 unspecified atom stereocenters. The Balaban J connectivity index is 1.79. The van der Waals surface area contributed by atoms with Crippen molar-refractivity contribution in [2.75, 3.05) is 5.32 Å². The average molecular weight is 341 g/mol. The summed E-state index contributed by atoms with van der Waals surface area (Å²) in [5.41, 5.74) is 3.57. The Morgan fingerprint density at radius 2 is 1.83 bits per heavy atom. The summed E-state index contributed by atoms with van der Waals surface area (Å²) in [7, 11) is 0. The molecule has 1 aliphatic heterocycles. The zero-order chi connectivity index (χ0) is 15.8. The van der Waals surface area contributed by atoms with E-state index < -0.39 is 0 Å². The molecule has 1 aliphatic rings. The zero-order valence-electron chi connectivity index (χ0n) is 12.7. The second kappa shape index (κ2) is 6.00. The molecule has 1 aromatic heterocycles. The van der Waals surface area contributed by atoms with Crippen LogP contribution in [0.15, 0.2) is 60.7 Å². The lowest BCUT2D eigenvalue weighted by atomic mass is 9.94. The number of thiophene rings is 1. The van der Waals surface area contributed by atoms with Gasteiger partial charge in [-0.25, -0.2) is 0 Å². The fourth-order valence-electron chi connectivity index (χ4n) is 3.04. The molecule has 0 fully saturated rings. The molecule has 2 aromatic carbocycles.